The molecule has 5 heteroatoms. The number of hydrogen-bond acceptors (Lipinski definition) is 3. The lowest BCUT2D eigenvalue weighted by atomic mass is 10.1. The zero-order valence-electron chi connectivity index (χ0n) is 12.4. The average molecular weight is 299 g/mol. The predicted octanol–water partition coefficient (Wildman–Crippen LogP) is 1.53. The van der Waals surface area contributed by atoms with Crippen LogP contribution in [-0.2, 0) is 12.8 Å². The Balaban J connectivity index is 1.72. The maximum absolute atomic E-state index is 11.8. The SMILES string of the molecule is O=C(NCCc1ccccn1)NC(CO)Cc1ccccc1. The van der Waals surface area contributed by atoms with Crippen LogP contribution in [-0.4, -0.2) is 35.3 Å². The van der Waals surface area contributed by atoms with E-state index in [4.69, 9.17) is 0 Å². The van der Waals surface area contributed by atoms with Crippen molar-refractivity contribution in [2.24, 2.45) is 0 Å². The normalized spacial score (nSPS) is 11.7. The van der Waals surface area contributed by atoms with Crippen molar-refractivity contribution in [3.63, 3.8) is 0 Å². The zero-order valence-corrected chi connectivity index (χ0v) is 12.4. The van der Waals surface area contributed by atoms with Crippen LogP contribution in [0.1, 0.15) is 11.3 Å². The third-order valence-electron chi connectivity index (χ3n) is 3.27. The molecule has 2 aromatic rings. The third kappa shape index (κ3) is 5.54. The fourth-order valence-corrected chi connectivity index (χ4v) is 2.15. The fraction of sp³-hybridized carbons (Fsp3) is 0.294. The molecule has 2 amide bonds. The summed E-state index contributed by atoms with van der Waals surface area (Å²) in [5.41, 5.74) is 2.01. The number of aliphatic hydroxyl groups excluding tert-OH is 1. The van der Waals surface area contributed by atoms with E-state index in [2.05, 4.69) is 15.6 Å². The molecule has 1 unspecified atom stereocenters. The van der Waals surface area contributed by atoms with Crippen molar-refractivity contribution in [1.29, 1.82) is 0 Å². The molecule has 22 heavy (non-hydrogen) atoms. The van der Waals surface area contributed by atoms with Gasteiger partial charge in [0.25, 0.3) is 0 Å². The van der Waals surface area contributed by atoms with E-state index in [0.29, 0.717) is 19.4 Å². The first kappa shape index (κ1) is 16.0. The summed E-state index contributed by atoms with van der Waals surface area (Å²) < 4.78 is 0. The van der Waals surface area contributed by atoms with Gasteiger partial charge in [-0.3, -0.25) is 4.98 Å². The van der Waals surface area contributed by atoms with Crippen molar-refractivity contribution in [2.45, 2.75) is 18.9 Å². The van der Waals surface area contributed by atoms with Gasteiger partial charge < -0.3 is 15.7 Å². The van der Waals surface area contributed by atoms with Crippen LogP contribution in [0.5, 0.6) is 0 Å². The number of aliphatic hydroxyl groups is 1. The van der Waals surface area contributed by atoms with Gasteiger partial charge in [0.05, 0.1) is 12.6 Å². The molecule has 1 heterocycles. The summed E-state index contributed by atoms with van der Waals surface area (Å²) in [7, 11) is 0. The molecule has 3 N–H and O–H groups in total. The lowest BCUT2D eigenvalue weighted by Crippen LogP contribution is -2.45. The largest absolute Gasteiger partial charge is 0.394 e. The van der Waals surface area contributed by atoms with Gasteiger partial charge in [0, 0.05) is 24.9 Å². The third-order valence-corrected chi connectivity index (χ3v) is 3.27. The standard InChI is InChI=1S/C17H21N3O2/c21-13-16(12-14-6-2-1-3-7-14)20-17(22)19-11-9-15-8-4-5-10-18-15/h1-8,10,16,21H,9,11-13H2,(H2,19,20,22). The van der Waals surface area contributed by atoms with Crippen LogP contribution in [0, 0.1) is 0 Å². The Hall–Kier alpha value is -2.40. The van der Waals surface area contributed by atoms with Crippen LogP contribution in [0.4, 0.5) is 4.79 Å². The van der Waals surface area contributed by atoms with E-state index in [9.17, 15) is 9.90 Å². The molecular formula is C17H21N3O2. The number of nitrogens with one attached hydrogen (secondary N) is 2. The maximum Gasteiger partial charge on any atom is 0.315 e. The van der Waals surface area contributed by atoms with Gasteiger partial charge in [-0.2, -0.15) is 0 Å². The van der Waals surface area contributed by atoms with Gasteiger partial charge >= 0.3 is 6.03 Å². The van der Waals surface area contributed by atoms with Crippen LogP contribution in [0.2, 0.25) is 0 Å². The second-order valence-electron chi connectivity index (χ2n) is 5.04. The first-order valence-electron chi connectivity index (χ1n) is 7.37. The number of rotatable bonds is 7. The van der Waals surface area contributed by atoms with Crippen molar-refractivity contribution >= 4 is 6.03 Å². The summed E-state index contributed by atoms with van der Waals surface area (Å²) in [6, 6.07) is 14.9. The molecule has 0 saturated carbocycles. The molecule has 0 fully saturated rings. The molecule has 1 atom stereocenters. The highest BCUT2D eigenvalue weighted by molar-refractivity contribution is 5.74. The summed E-state index contributed by atoms with van der Waals surface area (Å²) in [6.07, 6.45) is 3.01. The number of nitrogens with zero attached hydrogens (tertiary/aromatic N) is 1. The molecule has 1 aromatic carbocycles. The first-order valence-corrected chi connectivity index (χ1v) is 7.37. The molecule has 0 aliphatic carbocycles. The molecule has 0 bridgehead atoms. The van der Waals surface area contributed by atoms with Gasteiger partial charge in [-0.25, -0.2) is 4.79 Å². The van der Waals surface area contributed by atoms with Crippen molar-refractivity contribution in [3.05, 3.63) is 66.0 Å². The Kier molecular flexibility index (Phi) is 6.39. The smallest absolute Gasteiger partial charge is 0.315 e. The first-order chi connectivity index (χ1) is 10.8. The van der Waals surface area contributed by atoms with E-state index in [1.54, 1.807) is 6.20 Å². The van der Waals surface area contributed by atoms with Crippen molar-refractivity contribution in [3.8, 4) is 0 Å². The Morgan fingerprint density at radius 3 is 2.59 bits per heavy atom. The van der Waals surface area contributed by atoms with Crippen molar-refractivity contribution < 1.29 is 9.90 Å². The maximum atomic E-state index is 11.8. The van der Waals surface area contributed by atoms with Crippen molar-refractivity contribution in [2.75, 3.05) is 13.2 Å². The minimum Gasteiger partial charge on any atom is -0.394 e. The quantitative estimate of drug-likeness (QED) is 0.726. The van der Waals surface area contributed by atoms with Crippen LogP contribution >= 0.6 is 0 Å². The summed E-state index contributed by atoms with van der Waals surface area (Å²) in [4.78, 5) is 16.0. The van der Waals surface area contributed by atoms with E-state index >= 15 is 0 Å². The second kappa shape index (κ2) is 8.79. The van der Waals surface area contributed by atoms with E-state index in [-0.39, 0.29) is 18.7 Å². The summed E-state index contributed by atoms with van der Waals surface area (Å²) in [5.74, 6) is 0. The Morgan fingerprint density at radius 2 is 1.91 bits per heavy atom. The summed E-state index contributed by atoms with van der Waals surface area (Å²) >= 11 is 0. The van der Waals surface area contributed by atoms with E-state index in [1.165, 1.54) is 0 Å². The highest BCUT2D eigenvalue weighted by Gasteiger charge is 2.11. The van der Waals surface area contributed by atoms with Gasteiger partial charge in [-0.15, -0.1) is 0 Å². The Morgan fingerprint density at radius 1 is 1.14 bits per heavy atom. The van der Waals surface area contributed by atoms with Crippen LogP contribution < -0.4 is 10.6 Å². The van der Waals surface area contributed by atoms with Crippen LogP contribution in [0.15, 0.2) is 54.7 Å². The molecule has 0 spiro atoms. The predicted molar refractivity (Wildman–Crippen MR) is 85.5 cm³/mol. The van der Waals surface area contributed by atoms with E-state index in [0.717, 1.165) is 11.3 Å². The van der Waals surface area contributed by atoms with Gasteiger partial charge in [0.2, 0.25) is 0 Å². The van der Waals surface area contributed by atoms with E-state index in [1.807, 2.05) is 48.5 Å². The summed E-state index contributed by atoms with van der Waals surface area (Å²) in [5, 5.41) is 14.9. The number of hydrogen-bond donors (Lipinski definition) is 3. The number of pyridine rings is 1. The van der Waals surface area contributed by atoms with Crippen LogP contribution in [0.3, 0.4) is 0 Å². The molecule has 5 nitrogen and oxygen atoms in total. The molecule has 1 aromatic heterocycles. The van der Waals surface area contributed by atoms with Crippen molar-refractivity contribution in [1.82, 2.24) is 15.6 Å². The molecule has 0 saturated heterocycles. The fourth-order valence-electron chi connectivity index (χ4n) is 2.15. The minimum atomic E-state index is -0.294. The lowest BCUT2D eigenvalue weighted by molar-refractivity contribution is 0.216. The molecule has 0 aliphatic rings. The number of benzene rings is 1. The number of carbonyl (C=O) groups excluding carboxylic acids is 1. The molecule has 2 rings (SSSR count). The van der Waals surface area contributed by atoms with Gasteiger partial charge in [0.15, 0.2) is 0 Å². The molecule has 0 radical (unpaired) electrons. The van der Waals surface area contributed by atoms with Crippen LogP contribution in [0.25, 0.3) is 0 Å². The second-order valence-corrected chi connectivity index (χ2v) is 5.04. The lowest BCUT2D eigenvalue weighted by Gasteiger charge is -2.17. The molecular weight excluding hydrogens is 278 g/mol. The number of amides is 2. The zero-order chi connectivity index (χ0) is 15.6. The highest BCUT2D eigenvalue weighted by atomic mass is 16.3. The summed E-state index contributed by atoms with van der Waals surface area (Å²) in [6.45, 7) is 0.412. The van der Waals surface area contributed by atoms with Gasteiger partial charge in [0.1, 0.15) is 0 Å². The number of urea groups is 1. The monoisotopic (exact) mass is 299 g/mol. The molecule has 116 valence electrons. The minimum absolute atomic E-state index is 0.0947. The van der Waals surface area contributed by atoms with Gasteiger partial charge in [-0.05, 0) is 24.1 Å². The topological polar surface area (TPSA) is 74.2 Å². The Bertz CT molecular complexity index is 561. The highest BCUT2D eigenvalue weighted by Crippen LogP contribution is 2.02. The van der Waals surface area contributed by atoms with Gasteiger partial charge in [-0.1, -0.05) is 36.4 Å². The number of carbonyl (C=O) groups is 1. The van der Waals surface area contributed by atoms with E-state index < -0.39 is 0 Å². The molecule has 0 aliphatic heterocycles. The average Bonchev–Trinajstić information content (AvgIpc) is 2.56. The number of aromatic nitrogens is 1. The Labute approximate surface area is 130 Å².